The predicted octanol–water partition coefficient (Wildman–Crippen LogP) is 2.04. The molecule has 1 rings (SSSR count). The molecule has 0 spiro atoms. The number of halogens is 1. The molecule has 0 aliphatic rings. The number of hydrogen-bond acceptors (Lipinski definition) is 4. The molecule has 1 heterocycles. The van der Waals surface area contributed by atoms with Crippen LogP contribution in [0, 0.1) is 0 Å². The van der Waals surface area contributed by atoms with Crippen molar-refractivity contribution in [2.45, 2.75) is 20.0 Å². The molecule has 0 radical (unpaired) electrons. The van der Waals surface area contributed by atoms with Crippen molar-refractivity contribution in [1.29, 1.82) is 0 Å². The fraction of sp³-hybridized carbons (Fsp3) is 0.500. The first-order valence-corrected chi connectivity index (χ1v) is 6.57. The maximum atomic E-state index is 12.0. The maximum Gasteiger partial charge on any atom is 0.255 e. The van der Waals surface area contributed by atoms with Gasteiger partial charge in [-0.3, -0.25) is 4.79 Å². The van der Waals surface area contributed by atoms with Gasteiger partial charge in [0.15, 0.2) is 0 Å². The first-order chi connectivity index (χ1) is 8.54. The van der Waals surface area contributed by atoms with E-state index in [-0.39, 0.29) is 12.0 Å². The van der Waals surface area contributed by atoms with Crippen LogP contribution >= 0.6 is 15.9 Å². The van der Waals surface area contributed by atoms with Crippen LogP contribution in [0.4, 0.5) is 5.82 Å². The lowest BCUT2D eigenvalue weighted by molar-refractivity contribution is 0.0747. The molecule has 0 saturated carbocycles. The first kappa shape index (κ1) is 14.9. The van der Waals surface area contributed by atoms with Gasteiger partial charge in [0.25, 0.3) is 5.91 Å². The number of ether oxygens (including phenoxy) is 1. The Morgan fingerprint density at radius 1 is 1.56 bits per heavy atom. The average Bonchev–Trinajstić information content (AvgIpc) is 2.34. The second-order valence-electron chi connectivity index (χ2n) is 3.98. The molecule has 1 aromatic rings. The third kappa shape index (κ3) is 4.62. The highest BCUT2D eigenvalue weighted by molar-refractivity contribution is 9.10. The van der Waals surface area contributed by atoms with Crippen molar-refractivity contribution in [2.75, 3.05) is 25.5 Å². The van der Waals surface area contributed by atoms with Crippen LogP contribution < -0.4 is 10.6 Å². The summed E-state index contributed by atoms with van der Waals surface area (Å²) in [6, 6.07) is 1.73. The Labute approximate surface area is 115 Å². The van der Waals surface area contributed by atoms with E-state index in [1.165, 1.54) is 0 Å². The van der Waals surface area contributed by atoms with Crippen LogP contribution in [-0.2, 0) is 4.74 Å². The molecule has 0 aliphatic heterocycles. The Morgan fingerprint density at radius 2 is 2.28 bits per heavy atom. The van der Waals surface area contributed by atoms with Gasteiger partial charge in [-0.2, -0.15) is 0 Å². The molecule has 0 bridgehead atoms. The minimum absolute atomic E-state index is 0.166. The highest BCUT2D eigenvalue weighted by Crippen LogP contribution is 2.17. The van der Waals surface area contributed by atoms with Gasteiger partial charge < -0.3 is 15.4 Å². The van der Waals surface area contributed by atoms with Crippen LogP contribution in [0.25, 0.3) is 0 Å². The number of carbonyl (C=O) groups is 1. The number of amides is 1. The van der Waals surface area contributed by atoms with Gasteiger partial charge in [-0.05, 0) is 35.8 Å². The Bertz CT molecular complexity index is 410. The van der Waals surface area contributed by atoms with Crippen molar-refractivity contribution < 1.29 is 9.53 Å². The van der Waals surface area contributed by atoms with Crippen molar-refractivity contribution in [1.82, 2.24) is 10.3 Å². The van der Waals surface area contributed by atoms with E-state index in [2.05, 4.69) is 31.5 Å². The maximum absolute atomic E-state index is 12.0. The first-order valence-electron chi connectivity index (χ1n) is 5.77. The van der Waals surface area contributed by atoms with Gasteiger partial charge in [0, 0.05) is 24.3 Å². The summed E-state index contributed by atoms with van der Waals surface area (Å²) in [5.41, 5.74) is 0.511. The second kappa shape index (κ2) is 7.33. The Morgan fingerprint density at radius 3 is 2.89 bits per heavy atom. The Kier molecular flexibility index (Phi) is 6.07. The van der Waals surface area contributed by atoms with Gasteiger partial charge in [-0.1, -0.05) is 0 Å². The summed E-state index contributed by atoms with van der Waals surface area (Å²) in [5, 5.41) is 5.68. The van der Waals surface area contributed by atoms with Gasteiger partial charge in [0.05, 0.1) is 18.3 Å². The zero-order valence-corrected chi connectivity index (χ0v) is 12.4. The van der Waals surface area contributed by atoms with Crippen LogP contribution in [0.2, 0.25) is 0 Å². The molecule has 18 heavy (non-hydrogen) atoms. The molecule has 100 valence electrons. The number of anilines is 1. The van der Waals surface area contributed by atoms with E-state index in [4.69, 9.17) is 4.74 Å². The lowest BCUT2D eigenvalue weighted by atomic mass is 10.2. The zero-order valence-electron chi connectivity index (χ0n) is 10.8. The number of nitrogens with zero attached hydrogens (tertiary/aromatic N) is 1. The number of aromatic nitrogens is 1. The molecular weight excluding hydrogens is 298 g/mol. The molecule has 0 aromatic carbocycles. The predicted molar refractivity (Wildman–Crippen MR) is 74.9 cm³/mol. The van der Waals surface area contributed by atoms with Gasteiger partial charge >= 0.3 is 0 Å². The van der Waals surface area contributed by atoms with Crippen molar-refractivity contribution in [3.05, 3.63) is 22.3 Å². The number of carbonyl (C=O) groups excluding carboxylic acids is 1. The number of rotatable bonds is 6. The van der Waals surface area contributed by atoms with E-state index in [9.17, 15) is 4.79 Å². The van der Waals surface area contributed by atoms with E-state index in [1.54, 1.807) is 19.3 Å². The number of hydrogen-bond donors (Lipinski definition) is 2. The molecule has 0 saturated heterocycles. The molecule has 0 atom stereocenters. The summed E-state index contributed by atoms with van der Waals surface area (Å²) >= 11 is 3.30. The fourth-order valence-corrected chi connectivity index (χ4v) is 1.70. The Balaban J connectivity index is 2.58. The number of nitrogens with one attached hydrogen (secondary N) is 2. The van der Waals surface area contributed by atoms with Crippen LogP contribution in [-0.4, -0.2) is 37.2 Å². The van der Waals surface area contributed by atoms with Crippen molar-refractivity contribution in [2.24, 2.45) is 0 Å². The molecule has 2 N–H and O–H groups in total. The molecule has 5 nitrogen and oxygen atoms in total. The Hall–Kier alpha value is -1.14. The highest BCUT2D eigenvalue weighted by Gasteiger charge is 2.12. The van der Waals surface area contributed by atoms with Gasteiger partial charge in [-0.15, -0.1) is 0 Å². The van der Waals surface area contributed by atoms with E-state index in [0.717, 1.165) is 4.47 Å². The van der Waals surface area contributed by atoms with Gasteiger partial charge in [0.2, 0.25) is 0 Å². The quantitative estimate of drug-likeness (QED) is 0.789. The molecular formula is C12H18BrN3O2. The standard InChI is InChI=1S/C12H18BrN3O2/c1-8(2)18-5-4-15-12(17)10-6-9(13)7-16-11(10)14-3/h6-8H,4-5H2,1-3H3,(H,14,16)(H,15,17). The minimum Gasteiger partial charge on any atom is -0.377 e. The lowest BCUT2D eigenvalue weighted by Gasteiger charge is -2.11. The zero-order chi connectivity index (χ0) is 13.5. The van der Waals surface area contributed by atoms with Crippen molar-refractivity contribution >= 4 is 27.7 Å². The lowest BCUT2D eigenvalue weighted by Crippen LogP contribution is -2.28. The van der Waals surface area contributed by atoms with E-state index in [1.807, 2.05) is 13.8 Å². The van der Waals surface area contributed by atoms with Crippen LogP contribution in [0.15, 0.2) is 16.7 Å². The molecule has 1 amide bonds. The monoisotopic (exact) mass is 315 g/mol. The molecule has 0 fully saturated rings. The van der Waals surface area contributed by atoms with E-state index >= 15 is 0 Å². The minimum atomic E-state index is -0.166. The highest BCUT2D eigenvalue weighted by atomic mass is 79.9. The summed E-state index contributed by atoms with van der Waals surface area (Å²) in [4.78, 5) is 16.1. The second-order valence-corrected chi connectivity index (χ2v) is 4.89. The molecule has 0 aliphatic carbocycles. The third-order valence-corrected chi connectivity index (χ3v) is 2.61. The van der Waals surface area contributed by atoms with Gasteiger partial charge in [-0.25, -0.2) is 4.98 Å². The summed E-state index contributed by atoms with van der Waals surface area (Å²) in [6.45, 7) is 4.89. The van der Waals surface area contributed by atoms with Crippen molar-refractivity contribution in [3.8, 4) is 0 Å². The normalized spacial score (nSPS) is 10.5. The SMILES string of the molecule is CNc1ncc(Br)cc1C(=O)NCCOC(C)C. The largest absolute Gasteiger partial charge is 0.377 e. The smallest absolute Gasteiger partial charge is 0.255 e. The van der Waals surface area contributed by atoms with E-state index < -0.39 is 0 Å². The summed E-state index contributed by atoms with van der Waals surface area (Å²) in [6.07, 6.45) is 1.81. The summed E-state index contributed by atoms with van der Waals surface area (Å²) < 4.78 is 6.12. The summed E-state index contributed by atoms with van der Waals surface area (Å²) in [5.74, 6) is 0.390. The third-order valence-electron chi connectivity index (χ3n) is 2.17. The van der Waals surface area contributed by atoms with Crippen molar-refractivity contribution in [3.63, 3.8) is 0 Å². The number of pyridine rings is 1. The van der Waals surface area contributed by atoms with Crippen LogP contribution in [0.5, 0.6) is 0 Å². The summed E-state index contributed by atoms with van der Waals surface area (Å²) in [7, 11) is 1.73. The van der Waals surface area contributed by atoms with Crippen LogP contribution in [0.3, 0.4) is 0 Å². The molecule has 6 heteroatoms. The van der Waals surface area contributed by atoms with Gasteiger partial charge in [0.1, 0.15) is 5.82 Å². The molecule has 0 unspecified atom stereocenters. The average molecular weight is 316 g/mol. The van der Waals surface area contributed by atoms with Crippen LogP contribution in [0.1, 0.15) is 24.2 Å². The topological polar surface area (TPSA) is 63.2 Å². The molecule has 1 aromatic heterocycles. The fourth-order valence-electron chi connectivity index (χ4n) is 1.37. The van der Waals surface area contributed by atoms with E-state index in [0.29, 0.717) is 24.5 Å².